The van der Waals surface area contributed by atoms with E-state index in [9.17, 15) is 4.79 Å². The lowest BCUT2D eigenvalue weighted by Crippen LogP contribution is -2.07. The van der Waals surface area contributed by atoms with Crippen LogP contribution in [0.2, 0.25) is 0 Å². The van der Waals surface area contributed by atoms with Gasteiger partial charge in [-0.1, -0.05) is 12.2 Å². The minimum Gasteiger partial charge on any atom is -0.481 e. The normalized spacial score (nSPS) is 20.3. The van der Waals surface area contributed by atoms with Crippen LogP contribution in [0.5, 0.6) is 0 Å². The summed E-state index contributed by atoms with van der Waals surface area (Å²) < 4.78 is 10.1. The van der Waals surface area contributed by atoms with Gasteiger partial charge >= 0.3 is 11.2 Å². The molecule has 1 aliphatic rings. The first-order valence-electron chi connectivity index (χ1n) is 4.88. The van der Waals surface area contributed by atoms with Gasteiger partial charge in [-0.15, -0.1) is 0 Å². The number of rotatable bonds is 6. The minimum absolute atomic E-state index is 0.0215. The van der Waals surface area contributed by atoms with Crippen molar-refractivity contribution in [3.8, 4) is 0 Å². The van der Waals surface area contributed by atoms with Crippen molar-refractivity contribution < 1.29 is 19.4 Å². The Labute approximate surface area is 93.9 Å². The number of carboxylic acid groups (broad SMARTS) is 1. The molecule has 1 fully saturated rings. The third-order valence-corrected chi connectivity index (χ3v) is 2.19. The first kappa shape index (κ1) is 12.0. The van der Waals surface area contributed by atoms with Crippen LogP contribution in [0.1, 0.15) is 25.7 Å². The molecule has 1 saturated heterocycles. The van der Waals surface area contributed by atoms with E-state index in [1.165, 1.54) is 0 Å². The second-order valence-electron chi connectivity index (χ2n) is 3.29. The molecule has 0 bridgehead atoms. The van der Waals surface area contributed by atoms with Crippen LogP contribution in [-0.2, 0) is 14.3 Å². The Kier molecular flexibility index (Phi) is 5.10. The average Bonchev–Trinajstić information content (AvgIpc) is 2.57. The highest BCUT2D eigenvalue weighted by Crippen LogP contribution is 2.10. The molecule has 1 atom stereocenters. The first-order valence-corrected chi connectivity index (χ1v) is 5.29. The number of hydrogen-bond donors (Lipinski definition) is 1. The molecule has 0 aromatic rings. The van der Waals surface area contributed by atoms with Gasteiger partial charge in [-0.2, -0.15) is 0 Å². The molecule has 15 heavy (non-hydrogen) atoms. The molecule has 0 saturated carbocycles. The summed E-state index contributed by atoms with van der Waals surface area (Å²) in [4.78, 5) is 10.2. The summed E-state index contributed by atoms with van der Waals surface area (Å²) in [5, 5.41) is 8.62. The molecule has 1 unspecified atom stereocenters. The van der Waals surface area contributed by atoms with Gasteiger partial charge in [0, 0.05) is 25.1 Å². The van der Waals surface area contributed by atoms with E-state index < -0.39 is 5.97 Å². The molecule has 0 radical (unpaired) electrons. The van der Waals surface area contributed by atoms with Crippen LogP contribution in [0.25, 0.3) is 0 Å². The summed E-state index contributed by atoms with van der Waals surface area (Å²) >= 11 is 4.71. The SMILES string of the molecule is O=C(O)CCC/C=C\CC1COC(=S)O1. The van der Waals surface area contributed by atoms with Crippen molar-refractivity contribution >= 4 is 23.4 Å². The molecule has 1 rings (SSSR count). The lowest BCUT2D eigenvalue weighted by Gasteiger charge is -2.01. The van der Waals surface area contributed by atoms with Crippen molar-refractivity contribution in [1.82, 2.24) is 0 Å². The third-order valence-electron chi connectivity index (χ3n) is 1.98. The Morgan fingerprint density at radius 3 is 3.00 bits per heavy atom. The quantitative estimate of drug-likeness (QED) is 0.429. The molecule has 0 aromatic carbocycles. The van der Waals surface area contributed by atoms with Crippen LogP contribution in [0, 0.1) is 0 Å². The minimum atomic E-state index is -0.749. The lowest BCUT2D eigenvalue weighted by molar-refractivity contribution is -0.137. The molecule has 0 amide bonds. The average molecular weight is 230 g/mol. The first-order chi connectivity index (χ1) is 7.18. The van der Waals surface area contributed by atoms with Crippen molar-refractivity contribution in [2.45, 2.75) is 31.8 Å². The zero-order valence-corrected chi connectivity index (χ0v) is 9.16. The van der Waals surface area contributed by atoms with Crippen LogP contribution in [0.15, 0.2) is 12.2 Å². The Balaban J connectivity index is 2.02. The Morgan fingerprint density at radius 1 is 1.60 bits per heavy atom. The molecule has 0 aliphatic carbocycles. The molecule has 1 aliphatic heterocycles. The summed E-state index contributed by atoms with van der Waals surface area (Å²) in [5.41, 5.74) is 0. The van der Waals surface area contributed by atoms with Crippen LogP contribution >= 0.6 is 12.2 Å². The Hall–Kier alpha value is -1.10. The van der Waals surface area contributed by atoms with E-state index in [4.69, 9.17) is 26.8 Å². The van der Waals surface area contributed by atoms with E-state index in [0.717, 1.165) is 12.8 Å². The molecule has 1 heterocycles. The third kappa shape index (κ3) is 5.37. The molecular formula is C10H14O4S. The van der Waals surface area contributed by atoms with Gasteiger partial charge in [-0.25, -0.2) is 0 Å². The number of ether oxygens (including phenoxy) is 2. The number of aliphatic carboxylic acids is 1. The smallest absolute Gasteiger partial charge is 0.352 e. The van der Waals surface area contributed by atoms with Crippen molar-refractivity contribution in [2.24, 2.45) is 0 Å². The van der Waals surface area contributed by atoms with Crippen LogP contribution in [0.4, 0.5) is 0 Å². The predicted molar refractivity (Wildman–Crippen MR) is 58.7 cm³/mol. The molecule has 4 nitrogen and oxygen atoms in total. The predicted octanol–water partition coefficient (Wildman–Crippen LogP) is 1.89. The highest BCUT2D eigenvalue weighted by atomic mass is 32.1. The van der Waals surface area contributed by atoms with E-state index in [1.807, 2.05) is 12.2 Å². The van der Waals surface area contributed by atoms with E-state index in [1.54, 1.807) is 0 Å². The zero-order valence-electron chi connectivity index (χ0n) is 8.35. The summed E-state index contributed by atoms with van der Waals surface area (Å²) in [6.07, 6.45) is 6.40. The summed E-state index contributed by atoms with van der Waals surface area (Å²) in [7, 11) is 0. The zero-order chi connectivity index (χ0) is 11.1. The Bertz CT molecular complexity index is 262. The fourth-order valence-electron chi connectivity index (χ4n) is 1.22. The van der Waals surface area contributed by atoms with Crippen LogP contribution in [0.3, 0.4) is 0 Å². The maximum atomic E-state index is 10.2. The number of allylic oxidation sites excluding steroid dienone is 1. The van der Waals surface area contributed by atoms with E-state index in [2.05, 4.69) is 0 Å². The summed E-state index contributed by atoms with van der Waals surface area (Å²) in [6.45, 7) is 0.512. The van der Waals surface area contributed by atoms with Gasteiger partial charge in [0.05, 0.1) is 0 Å². The standard InChI is InChI=1S/C10H14O4S/c11-9(12)6-4-2-1-3-5-8-7-13-10(15)14-8/h1,3,8H,2,4-7H2,(H,11,12)/b3-1-. The number of unbranched alkanes of at least 4 members (excludes halogenated alkanes) is 1. The van der Waals surface area contributed by atoms with Gasteiger partial charge in [-0.05, 0) is 12.8 Å². The van der Waals surface area contributed by atoms with Gasteiger partial charge in [-0.3, -0.25) is 4.79 Å². The monoisotopic (exact) mass is 230 g/mol. The fourth-order valence-corrected chi connectivity index (χ4v) is 1.42. The number of carbonyl (C=O) groups is 1. The fraction of sp³-hybridized carbons (Fsp3) is 0.600. The topological polar surface area (TPSA) is 55.8 Å². The van der Waals surface area contributed by atoms with Gasteiger partial charge < -0.3 is 14.6 Å². The van der Waals surface area contributed by atoms with Crippen LogP contribution < -0.4 is 0 Å². The summed E-state index contributed by atoms with van der Waals surface area (Å²) in [5.74, 6) is -0.749. The van der Waals surface area contributed by atoms with Gasteiger partial charge in [0.2, 0.25) is 0 Å². The number of hydrogen-bond acceptors (Lipinski definition) is 4. The lowest BCUT2D eigenvalue weighted by atomic mass is 10.2. The maximum absolute atomic E-state index is 10.2. The second-order valence-corrected chi connectivity index (χ2v) is 3.63. The highest BCUT2D eigenvalue weighted by Gasteiger charge is 2.19. The largest absolute Gasteiger partial charge is 0.481 e. The molecule has 0 spiro atoms. The molecular weight excluding hydrogens is 216 g/mol. The van der Waals surface area contributed by atoms with Gasteiger partial charge in [0.25, 0.3) is 0 Å². The second kappa shape index (κ2) is 6.40. The van der Waals surface area contributed by atoms with Gasteiger partial charge in [0.15, 0.2) is 0 Å². The van der Waals surface area contributed by atoms with Crippen molar-refractivity contribution in [1.29, 1.82) is 0 Å². The molecule has 84 valence electrons. The molecule has 5 heteroatoms. The number of thiocarbonyl (C=S) groups is 1. The van der Waals surface area contributed by atoms with E-state index >= 15 is 0 Å². The van der Waals surface area contributed by atoms with Crippen molar-refractivity contribution in [3.05, 3.63) is 12.2 Å². The number of carboxylic acids is 1. The van der Waals surface area contributed by atoms with E-state index in [0.29, 0.717) is 13.0 Å². The highest BCUT2D eigenvalue weighted by molar-refractivity contribution is 7.79. The maximum Gasteiger partial charge on any atom is 0.352 e. The molecule has 1 N–H and O–H groups in total. The Morgan fingerprint density at radius 2 is 2.40 bits per heavy atom. The summed E-state index contributed by atoms with van der Waals surface area (Å²) in [6, 6.07) is 0. The van der Waals surface area contributed by atoms with Gasteiger partial charge in [0.1, 0.15) is 12.7 Å². The molecule has 0 aromatic heterocycles. The van der Waals surface area contributed by atoms with E-state index in [-0.39, 0.29) is 17.8 Å². The van der Waals surface area contributed by atoms with Crippen molar-refractivity contribution in [2.75, 3.05) is 6.61 Å². The van der Waals surface area contributed by atoms with Crippen molar-refractivity contribution in [3.63, 3.8) is 0 Å². The van der Waals surface area contributed by atoms with Crippen LogP contribution in [-0.4, -0.2) is 29.0 Å².